The first-order valence-corrected chi connectivity index (χ1v) is 5.29. The summed E-state index contributed by atoms with van der Waals surface area (Å²) in [6, 6.07) is 6.84. The molecule has 0 heterocycles. The number of aliphatic hydroxyl groups excluding tert-OH is 2. The Bertz CT molecular complexity index is 352. The fourth-order valence-electron chi connectivity index (χ4n) is 1.45. The zero-order valence-electron chi connectivity index (χ0n) is 9.31. The van der Waals surface area contributed by atoms with Crippen LogP contribution >= 0.6 is 0 Å². The Labute approximate surface area is 94.9 Å². The van der Waals surface area contributed by atoms with Crippen molar-refractivity contribution in [2.24, 2.45) is 0 Å². The number of amides is 1. The number of carbonyl (C=O) groups excluding carboxylic acids is 1. The Morgan fingerprint density at radius 2 is 2.06 bits per heavy atom. The lowest BCUT2D eigenvalue weighted by molar-refractivity contribution is 0.0931. The van der Waals surface area contributed by atoms with Crippen molar-refractivity contribution in [1.82, 2.24) is 5.32 Å². The highest BCUT2D eigenvalue weighted by Gasteiger charge is 2.12. The van der Waals surface area contributed by atoms with Gasteiger partial charge in [0.1, 0.15) is 0 Å². The van der Waals surface area contributed by atoms with Gasteiger partial charge in [-0.15, -0.1) is 0 Å². The first-order valence-electron chi connectivity index (χ1n) is 5.29. The molecule has 0 saturated carbocycles. The molecule has 1 aromatic carbocycles. The predicted octanol–water partition coefficient (Wildman–Crippen LogP) is 0.680. The van der Waals surface area contributed by atoms with E-state index in [9.17, 15) is 4.79 Å². The molecule has 0 unspecified atom stereocenters. The summed E-state index contributed by atoms with van der Waals surface area (Å²) < 4.78 is 0. The standard InChI is InChI=1S/C12H17NO3/c1-9(6-7-14)13-12(16)11-5-3-2-4-10(11)8-15/h2-5,9,14-15H,6-8H2,1H3,(H,13,16)/t9-/m1/s1. The molecule has 0 spiro atoms. The molecule has 4 nitrogen and oxygen atoms in total. The molecule has 0 bridgehead atoms. The van der Waals surface area contributed by atoms with E-state index in [1.807, 2.05) is 6.92 Å². The van der Waals surface area contributed by atoms with Crippen molar-refractivity contribution in [3.05, 3.63) is 35.4 Å². The van der Waals surface area contributed by atoms with Crippen LogP contribution in [0.4, 0.5) is 0 Å². The van der Waals surface area contributed by atoms with Gasteiger partial charge in [-0.05, 0) is 25.0 Å². The number of hydrogen-bond acceptors (Lipinski definition) is 3. The van der Waals surface area contributed by atoms with Gasteiger partial charge in [0.25, 0.3) is 5.91 Å². The lowest BCUT2D eigenvalue weighted by atomic mass is 10.1. The van der Waals surface area contributed by atoms with Gasteiger partial charge >= 0.3 is 0 Å². The van der Waals surface area contributed by atoms with Crippen molar-refractivity contribution >= 4 is 5.91 Å². The van der Waals surface area contributed by atoms with Crippen molar-refractivity contribution < 1.29 is 15.0 Å². The van der Waals surface area contributed by atoms with E-state index in [1.54, 1.807) is 24.3 Å². The molecule has 4 heteroatoms. The van der Waals surface area contributed by atoms with Gasteiger partial charge in [0, 0.05) is 18.2 Å². The SMILES string of the molecule is C[C@H](CCO)NC(=O)c1ccccc1CO. The van der Waals surface area contributed by atoms with E-state index in [0.717, 1.165) is 0 Å². The molecule has 88 valence electrons. The minimum absolute atomic E-state index is 0.0447. The third kappa shape index (κ3) is 3.32. The van der Waals surface area contributed by atoms with E-state index < -0.39 is 0 Å². The second-order valence-corrected chi connectivity index (χ2v) is 3.70. The van der Waals surface area contributed by atoms with E-state index in [2.05, 4.69) is 5.32 Å². The second kappa shape index (κ2) is 6.25. The van der Waals surface area contributed by atoms with Gasteiger partial charge in [-0.2, -0.15) is 0 Å². The van der Waals surface area contributed by atoms with Gasteiger partial charge < -0.3 is 15.5 Å². The van der Waals surface area contributed by atoms with Gasteiger partial charge in [-0.25, -0.2) is 0 Å². The Morgan fingerprint density at radius 1 is 1.38 bits per heavy atom. The first-order chi connectivity index (χ1) is 7.69. The molecule has 0 radical (unpaired) electrons. The Kier molecular flexibility index (Phi) is 4.95. The molecule has 0 aliphatic heterocycles. The number of aliphatic hydroxyl groups is 2. The Balaban J connectivity index is 2.72. The summed E-state index contributed by atoms with van der Waals surface area (Å²) in [5, 5.41) is 20.6. The van der Waals surface area contributed by atoms with Gasteiger partial charge in [0.15, 0.2) is 0 Å². The van der Waals surface area contributed by atoms with Crippen LogP contribution in [0.2, 0.25) is 0 Å². The third-order valence-corrected chi connectivity index (χ3v) is 2.37. The van der Waals surface area contributed by atoms with E-state index in [-0.39, 0.29) is 25.2 Å². The van der Waals surface area contributed by atoms with Crippen LogP contribution in [0, 0.1) is 0 Å². The van der Waals surface area contributed by atoms with Crippen molar-refractivity contribution in [3.8, 4) is 0 Å². The minimum Gasteiger partial charge on any atom is -0.396 e. The highest BCUT2D eigenvalue weighted by molar-refractivity contribution is 5.95. The maximum atomic E-state index is 11.8. The van der Waals surface area contributed by atoms with E-state index in [0.29, 0.717) is 17.5 Å². The monoisotopic (exact) mass is 223 g/mol. The summed E-state index contributed by atoms with van der Waals surface area (Å²) in [6.45, 7) is 1.72. The normalized spacial score (nSPS) is 12.2. The molecule has 0 aromatic heterocycles. The number of nitrogens with one attached hydrogen (secondary N) is 1. The van der Waals surface area contributed by atoms with Crippen LogP contribution in [0.15, 0.2) is 24.3 Å². The number of rotatable bonds is 5. The van der Waals surface area contributed by atoms with Gasteiger partial charge in [0.2, 0.25) is 0 Å². The average molecular weight is 223 g/mol. The summed E-state index contributed by atoms with van der Waals surface area (Å²) >= 11 is 0. The van der Waals surface area contributed by atoms with Gasteiger partial charge in [-0.1, -0.05) is 18.2 Å². The Hall–Kier alpha value is -1.39. The van der Waals surface area contributed by atoms with Crippen LogP contribution in [0.3, 0.4) is 0 Å². The lowest BCUT2D eigenvalue weighted by Crippen LogP contribution is -2.33. The minimum atomic E-state index is -0.217. The fourth-order valence-corrected chi connectivity index (χ4v) is 1.45. The van der Waals surface area contributed by atoms with Crippen LogP contribution in [-0.4, -0.2) is 28.8 Å². The molecule has 16 heavy (non-hydrogen) atoms. The maximum Gasteiger partial charge on any atom is 0.251 e. The zero-order chi connectivity index (χ0) is 12.0. The van der Waals surface area contributed by atoms with Crippen LogP contribution < -0.4 is 5.32 Å². The smallest absolute Gasteiger partial charge is 0.251 e. The van der Waals surface area contributed by atoms with Gasteiger partial charge in [-0.3, -0.25) is 4.79 Å². The molecule has 1 rings (SSSR count). The van der Waals surface area contributed by atoms with Crippen molar-refractivity contribution in [2.45, 2.75) is 26.0 Å². The molecule has 3 N–H and O–H groups in total. The summed E-state index contributed by atoms with van der Waals surface area (Å²) in [5.41, 5.74) is 1.09. The molecular formula is C12H17NO3. The first kappa shape index (κ1) is 12.7. The third-order valence-electron chi connectivity index (χ3n) is 2.37. The predicted molar refractivity (Wildman–Crippen MR) is 61.0 cm³/mol. The summed E-state index contributed by atoms with van der Waals surface area (Å²) in [6.07, 6.45) is 0.521. The second-order valence-electron chi connectivity index (χ2n) is 3.70. The van der Waals surface area contributed by atoms with E-state index in [1.165, 1.54) is 0 Å². The molecule has 1 aromatic rings. The van der Waals surface area contributed by atoms with Crippen LogP contribution in [0.25, 0.3) is 0 Å². The van der Waals surface area contributed by atoms with Crippen molar-refractivity contribution in [1.29, 1.82) is 0 Å². The molecule has 0 saturated heterocycles. The molecule has 0 aliphatic carbocycles. The molecular weight excluding hydrogens is 206 g/mol. The molecule has 1 atom stereocenters. The molecule has 0 aliphatic rings. The fraction of sp³-hybridized carbons (Fsp3) is 0.417. The number of benzene rings is 1. The van der Waals surface area contributed by atoms with Crippen molar-refractivity contribution in [3.63, 3.8) is 0 Å². The quantitative estimate of drug-likeness (QED) is 0.687. The van der Waals surface area contributed by atoms with E-state index in [4.69, 9.17) is 10.2 Å². The molecule has 0 fully saturated rings. The number of carbonyl (C=O) groups is 1. The highest BCUT2D eigenvalue weighted by atomic mass is 16.3. The zero-order valence-corrected chi connectivity index (χ0v) is 9.31. The topological polar surface area (TPSA) is 69.6 Å². The summed E-state index contributed by atoms with van der Waals surface area (Å²) in [4.78, 5) is 11.8. The van der Waals surface area contributed by atoms with Crippen LogP contribution in [0.1, 0.15) is 29.3 Å². The maximum absolute atomic E-state index is 11.8. The van der Waals surface area contributed by atoms with E-state index >= 15 is 0 Å². The molecule has 1 amide bonds. The highest BCUT2D eigenvalue weighted by Crippen LogP contribution is 2.08. The van der Waals surface area contributed by atoms with Crippen LogP contribution in [0.5, 0.6) is 0 Å². The lowest BCUT2D eigenvalue weighted by Gasteiger charge is -2.13. The van der Waals surface area contributed by atoms with Crippen LogP contribution in [-0.2, 0) is 6.61 Å². The Morgan fingerprint density at radius 3 is 2.69 bits per heavy atom. The largest absolute Gasteiger partial charge is 0.396 e. The van der Waals surface area contributed by atoms with Crippen molar-refractivity contribution in [2.75, 3.05) is 6.61 Å². The number of hydrogen-bond donors (Lipinski definition) is 3. The summed E-state index contributed by atoms with van der Waals surface area (Å²) in [5.74, 6) is -0.217. The average Bonchev–Trinajstić information content (AvgIpc) is 2.29. The van der Waals surface area contributed by atoms with Gasteiger partial charge in [0.05, 0.1) is 6.61 Å². The summed E-state index contributed by atoms with van der Waals surface area (Å²) in [7, 11) is 0.